The van der Waals surface area contributed by atoms with Crippen LogP contribution < -0.4 is 0 Å². The molecular formula is C22H26O5. The minimum absolute atomic E-state index is 0.128. The lowest BCUT2D eigenvalue weighted by Gasteiger charge is -2.15. The molecule has 0 radical (unpaired) electrons. The zero-order valence-corrected chi connectivity index (χ0v) is 15.6. The van der Waals surface area contributed by atoms with Crippen molar-refractivity contribution >= 4 is 11.8 Å². The van der Waals surface area contributed by atoms with Gasteiger partial charge in [0.1, 0.15) is 12.5 Å². The minimum Gasteiger partial charge on any atom is -0.465 e. The summed E-state index contributed by atoms with van der Waals surface area (Å²) in [5.41, 5.74) is 2.02. The van der Waals surface area contributed by atoms with Crippen LogP contribution in [0.15, 0.2) is 60.7 Å². The van der Waals surface area contributed by atoms with Crippen molar-refractivity contribution in [3.05, 3.63) is 71.8 Å². The number of hydrogen-bond donors (Lipinski definition) is 0. The van der Waals surface area contributed by atoms with Crippen molar-refractivity contribution in [3.63, 3.8) is 0 Å². The third-order valence-electron chi connectivity index (χ3n) is 3.98. The molecule has 5 nitrogen and oxygen atoms in total. The predicted molar refractivity (Wildman–Crippen MR) is 102 cm³/mol. The van der Waals surface area contributed by atoms with Crippen molar-refractivity contribution < 1.29 is 23.8 Å². The zero-order chi connectivity index (χ0) is 19.3. The molecule has 0 aliphatic carbocycles. The van der Waals surface area contributed by atoms with Gasteiger partial charge in [-0.15, -0.1) is 0 Å². The first-order valence-electron chi connectivity index (χ1n) is 9.13. The molecule has 2 rings (SSSR count). The molecule has 1 unspecified atom stereocenters. The average Bonchev–Trinajstić information content (AvgIpc) is 2.69. The molecule has 0 fully saturated rings. The summed E-state index contributed by atoms with van der Waals surface area (Å²) in [6.07, 6.45) is 0.277. The van der Waals surface area contributed by atoms with Crippen LogP contribution in [0.3, 0.4) is 0 Å². The van der Waals surface area contributed by atoms with Crippen LogP contribution in [0, 0.1) is 5.92 Å². The van der Waals surface area contributed by atoms with E-state index in [1.54, 1.807) is 6.92 Å². The fraction of sp³-hybridized carbons (Fsp3) is 0.364. The van der Waals surface area contributed by atoms with Crippen LogP contribution in [-0.2, 0) is 37.0 Å². The predicted octanol–water partition coefficient (Wildman–Crippen LogP) is 3.56. The average molecular weight is 370 g/mol. The fourth-order valence-corrected chi connectivity index (χ4v) is 2.56. The minimum atomic E-state index is -0.864. The highest BCUT2D eigenvalue weighted by molar-refractivity contribution is 5.99. The van der Waals surface area contributed by atoms with Gasteiger partial charge in [0.15, 0.2) is 5.78 Å². The SMILES string of the molecule is CCOC(=O)C(CCOCc1ccccc1)C(=O)COCc1ccccc1. The number of hydrogen-bond acceptors (Lipinski definition) is 5. The lowest BCUT2D eigenvalue weighted by Crippen LogP contribution is -2.30. The largest absolute Gasteiger partial charge is 0.465 e. The summed E-state index contributed by atoms with van der Waals surface area (Å²) in [6.45, 7) is 2.89. The monoisotopic (exact) mass is 370 g/mol. The van der Waals surface area contributed by atoms with Crippen LogP contribution in [0.1, 0.15) is 24.5 Å². The fourth-order valence-electron chi connectivity index (χ4n) is 2.56. The first-order valence-corrected chi connectivity index (χ1v) is 9.13. The summed E-state index contributed by atoms with van der Waals surface area (Å²) in [5.74, 6) is -1.67. The number of benzene rings is 2. The maximum atomic E-state index is 12.4. The standard InChI is InChI=1S/C22H26O5/c1-2-27-22(24)20(13-14-25-15-18-9-5-3-6-10-18)21(23)17-26-16-19-11-7-4-8-12-19/h3-12,20H,2,13-17H2,1H3. The summed E-state index contributed by atoms with van der Waals surface area (Å²) in [6, 6.07) is 19.3. The quantitative estimate of drug-likeness (QED) is 0.325. The van der Waals surface area contributed by atoms with Gasteiger partial charge in [0, 0.05) is 6.61 Å². The van der Waals surface area contributed by atoms with E-state index in [2.05, 4.69) is 0 Å². The highest BCUT2D eigenvalue weighted by atomic mass is 16.5. The van der Waals surface area contributed by atoms with E-state index in [1.807, 2.05) is 60.7 Å². The molecule has 0 aliphatic rings. The Bertz CT molecular complexity index is 684. The first kappa shape index (κ1) is 20.8. The Morgan fingerprint density at radius 3 is 1.96 bits per heavy atom. The Kier molecular flexibility index (Phi) is 9.24. The molecule has 0 aliphatic heterocycles. The highest BCUT2D eigenvalue weighted by Gasteiger charge is 2.27. The van der Waals surface area contributed by atoms with Gasteiger partial charge >= 0.3 is 5.97 Å². The third kappa shape index (κ3) is 7.72. The van der Waals surface area contributed by atoms with Crippen molar-refractivity contribution in [2.75, 3.05) is 19.8 Å². The van der Waals surface area contributed by atoms with Crippen LogP contribution in [-0.4, -0.2) is 31.6 Å². The molecule has 0 amide bonds. The summed E-state index contributed by atoms with van der Waals surface area (Å²) in [5, 5.41) is 0. The van der Waals surface area contributed by atoms with Crippen LogP contribution in [0.2, 0.25) is 0 Å². The van der Waals surface area contributed by atoms with E-state index in [4.69, 9.17) is 14.2 Å². The van der Waals surface area contributed by atoms with Gasteiger partial charge < -0.3 is 14.2 Å². The number of carbonyl (C=O) groups excluding carboxylic acids is 2. The second kappa shape index (κ2) is 12.0. The molecule has 27 heavy (non-hydrogen) atoms. The third-order valence-corrected chi connectivity index (χ3v) is 3.98. The molecular weight excluding hydrogens is 344 g/mol. The first-order chi connectivity index (χ1) is 13.2. The van der Waals surface area contributed by atoms with Crippen molar-refractivity contribution in [2.45, 2.75) is 26.6 Å². The van der Waals surface area contributed by atoms with Crippen LogP contribution in [0.25, 0.3) is 0 Å². The van der Waals surface area contributed by atoms with Crippen molar-refractivity contribution in [2.24, 2.45) is 5.92 Å². The molecule has 5 heteroatoms. The Labute approximate surface area is 160 Å². The van der Waals surface area contributed by atoms with E-state index >= 15 is 0 Å². The van der Waals surface area contributed by atoms with Gasteiger partial charge in [-0.25, -0.2) is 0 Å². The second-order valence-electron chi connectivity index (χ2n) is 6.08. The number of rotatable bonds is 12. The van der Waals surface area contributed by atoms with Gasteiger partial charge in [0.2, 0.25) is 0 Å². The highest BCUT2D eigenvalue weighted by Crippen LogP contribution is 2.11. The molecule has 0 bridgehead atoms. The molecule has 0 saturated heterocycles. The topological polar surface area (TPSA) is 61.8 Å². The number of Topliss-reactive ketones (excluding diaryl/α,β-unsaturated/α-hetero) is 1. The lowest BCUT2D eigenvalue weighted by molar-refractivity contribution is -0.153. The van der Waals surface area contributed by atoms with Gasteiger partial charge in [-0.05, 0) is 24.5 Å². The second-order valence-corrected chi connectivity index (χ2v) is 6.08. The normalized spacial score (nSPS) is 11.7. The van der Waals surface area contributed by atoms with E-state index in [0.717, 1.165) is 11.1 Å². The van der Waals surface area contributed by atoms with E-state index in [0.29, 0.717) is 19.8 Å². The van der Waals surface area contributed by atoms with Crippen LogP contribution in [0.5, 0.6) is 0 Å². The Morgan fingerprint density at radius 2 is 1.41 bits per heavy atom. The smallest absolute Gasteiger partial charge is 0.316 e. The molecule has 0 N–H and O–H groups in total. The van der Waals surface area contributed by atoms with E-state index in [1.165, 1.54) is 0 Å². The maximum Gasteiger partial charge on any atom is 0.316 e. The summed E-state index contributed by atoms with van der Waals surface area (Å²) < 4.78 is 16.1. The number of ketones is 1. The van der Waals surface area contributed by atoms with E-state index in [9.17, 15) is 9.59 Å². The summed E-state index contributed by atoms with van der Waals surface area (Å²) in [4.78, 5) is 24.6. The molecule has 0 heterocycles. The Balaban J connectivity index is 1.79. The summed E-state index contributed by atoms with van der Waals surface area (Å²) >= 11 is 0. The summed E-state index contributed by atoms with van der Waals surface area (Å²) in [7, 11) is 0. The number of esters is 1. The van der Waals surface area contributed by atoms with Crippen molar-refractivity contribution in [1.82, 2.24) is 0 Å². The zero-order valence-electron chi connectivity index (χ0n) is 15.6. The van der Waals surface area contributed by atoms with Gasteiger partial charge in [0.05, 0.1) is 19.8 Å². The van der Waals surface area contributed by atoms with Crippen molar-refractivity contribution in [1.29, 1.82) is 0 Å². The van der Waals surface area contributed by atoms with Gasteiger partial charge in [-0.1, -0.05) is 60.7 Å². The van der Waals surface area contributed by atoms with Crippen LogP contribution in [0.4, 0.5) is 0 Å². The number of carbonyl (C=O) groups is 2. The molecule has 2 aromatic carbocycles. The molecule has 144 valence electrons. The molecule has 2 aromatic rings. The Hall–Kier alpha value is -2.50. The number of ether oxygens (including phenoxy) is 3. The van der Waals surface area contributed by atoms with Gasteiger partial charge in [-0.3, -0.25) is 9.59 Å². The van der Waals surface area contributed by atoms with E-state index in [-0.39, 0.29) is 25.4 Å². The molecule has 0 aromatic heterocycles. The van der Waals surface area contributed by atoms with E-state index < -0.39 is 11.9 Å². The Morgan fingerprint density at radius 1 is 0.852 bits per heavy atom. The van der Waals surface area contributed by atoms with Gasteiger partial charge in [0.25, 0.3) is 0 Å². The lowest BCUT2D eigenvalue weighted by atomic mass is 10.0. The molecule has 1 atom stereocenters. The van der Waals surface area contributed by atoms with Crippen LogP contribution >= 0.6 is 0 Å². The van der Waals surface area contributed by atoms with Gasteiger partial charge in [-0.2, -0.15) is 0 Å². The van der Waals surface area contributed by atoms with Crippen molar-refractivity contribution in [3.8, 4) is 0 Å². The molecule has 0 spiro atoms. The molecule has 0 saturated carbocycles. The maximum absolute atomic E-state index is 12.4.